The van der Waals surface area contributed by atoms with Crippen molar-refractivity contribution in [3.63, 3.8) is 0 Å². The van der Waals surface area contributed by atoms with Crippen LogP contribution in [0.5, 0.6) is 5.75 Å². The SMILES string of the molecule is CCOc1ccc(C(=O)Nc2ccc(C)cc2C)cc1COCC(C)C. The maximum atomic E-state index is 12.7. The first-order chi connectivity index (χ1) is 12.4. The fourth-order valence-corrected chi connectivity index (χ4v) is 2.68. The molecule has 0 unspecified atom stereocenters. The van der Waals surface area contributed by atoms with E-state index < -0.39 is 0 Å². The van der Waals surface area contributed by atoms with E-state index in [0.717, 1.165) is 22.6 Å². The molecule has 4 heteroatoms. The van der Waals surface area contributed by atoms with Crippen molar-refractivity contribution >= 4 is 11.6 Å². The molecule has 0 heterocycles. The van der Waals surface area contributed by atoms with E-state index in [1.54, 1.807) is 6.07 Å². The zero-order valence-electron chi connectivity index (χ0n) is 16.4. The van der Waals surface area contributed by atoms with Gasteiger partial charge in [0, 0.05) is 23.4 Å². The molecule has 140 valence electrons. The molecule has 2 rings (SSSR count). The Bertz CT molecular complexity index is 753. The molecule has 0 radical (unpaired) electrons. The minimum absolute atomic E-state index is 0.134. The molecule has 0 aromatic heterocycles. The van der Waals surface area contributed by atoms with Crippen LogP contribution in [0.25, 0.3) is 0 Å². The van der Waals surface area contributed by atoms with Crippen LogP contribution in [-0.2, 0) is 11.3 Å². The van der Waals surface area contributed by atoms with Crippen LogP contribution >= 0.6 is 0 Å². The Hall–Kier alpha value is -2.33. The van der Waals surface area contributed by atoms with Gasteiger partial charge >= 0.3 is 0 Å². The molecule has 2 aromatic rings. The number of ether oxygens (including phenoxy) is 2. The second-order valence-electron chi connectivity index (χ2n) is 6.94. The smallest absolute Gasteiger partial charge is 0.255 e. The third kappa shape index (κ3) is 5.60. The van der Waals surface area contributed by atoms with Crippen LogP contribution in [0, 0.1) is 19.8 Å². The molecule has 0 atom stereocenters. The van der Waals surface area contributed by atoms with Crippen molar-refractivity contribution in [2.24, 2.45) is 5.92 Å². The van der Waals surface area contributed by atoms with Crippen LogP contribution in [0.15, 0.2) is 36.4 Å². The van der Waals surface area contributed by atoms with Crippen molar-refractivity contribution in [1.82, 2.24) is 0 Å². The molecule has 0 spiro atoms. The minimum Gasteiger partial charge on any atom is -0.494 e. The Morgan fingerprint density at radius 3 is 2.54 bits per heavy atom. The van der Waals surface area contributed by atoms with Gasteiger partial charge in [-0.3, -0.25) is 4.79 Å². The third-order valence-corrected chi connectivity index (χ3v) is 3.96. The largest absolute Gasteiger partial charge is 0.494 e. The van der Waals surface area contributed by atoms with Crippen LogP contribution in [0.1, 0.15) is 47.8 Å². The summed E-state index contributed by atoms with van der Waals surface area (Å²) in [5.41, 5.74) is 4.53. The van der Waals surface area contributed by atoms with Crippen molar-refractivity contribution < 1.29 is 14.3 Å². The number of benzene rings is 2. The van der Waals surface area contributed by atoms with Gasteiger partial charge in [-0.1, -0.05) is 31.5 Å². The number of rotatable bonds is 8. The molecule has 1 N–H and O–H groups in total. The van der Waals surface area contributed by atoms with Crippen LogP contribution in [0.4, 0.5) is 5.69 Å². The zero-order valence-corrected chi connectivity index (χ0v) is 16.4. The molecule has 4 nitrogen and oxygen atoms in total. The highest BCUT2D eigenvalue weighted by Gasteiger charge is 2.12. The van der Waals surface area contributed by atoms with E-state index >= 15 is 0 Å². The summed E-state index contributed by atoms with van der Waals surface area (Å²) >= 11 is 0. The van der Waals surface area contributed by atoms with E-state index in [1.165, 1.54) is 5.56 Å². The van der Waals surface area contributed by atoms with Crippen LogP contribution in [-0.4, -0.2) is 19.1 Å². The summed E-state index contributed by atoms with van der Waals surface area (Å²) in [4.78, 5) is 12.7. The Morgan fingerprint density at radius 1 is 1.12 bits per heavy atom. The van der Waals surface area contributed by atoms with Crippen molar-refractivity contribution in [2.45, 2.75) is 41.2 Å². The number of hydrogen-bond donors (Lipinski definition) is 1. The van der Waals surface area contributed by atoms with Gasteiger partial charge in [-0.25, -0.2) is 0 Å². The van der Waals surface area contributed by atoms with E-state index in [0.29, 0.717) is 31.3 Å². The molecule has 0 aliphatic rings. The Balaban J connectivity index is 2.17. The fourth-order valence-electron chi connectivity index (χ4n) is 2.68. The second-order valence-corrected chi connectivity index (χ2v) is 6.94. The summed E-state index contributed by atoms with van der Waals surface area (Å²) < 4.78 is 11.4. The average Bonchev–Trinajstić information content (AvgIpc) is 2.58. The van der Waals surface area contributed by atoms with Crippen molar-refractivity contribution in [3.05, 3.63) is 58.7 Å². The summed E-state index contributed by atoms with van der Waals surface area (Å²) in [5.74, 6) is 1.09. The van der Waals surface area contributed by atoms with Gasteiger partial charge in [-0.15, -0.1) is 0 Å². The topological polar surface area (TPSA) is 47.6 Å². The van der Waals surface area contributed by atoms with Gasteiger partial charge in [0.2, 0.25) is 0 Å². The first-order valence-electron chi connectivity index (χ1n) is 9.12. The number of amides is 1. The van der Waals surface area contributed by atoms with E-state index in [2.05, 4.69) is 25.2 Å². The van der Waals surface area contributed by atoms with Gasteiger partial charge in [0.25, 0.3) is 5.91 Å². The van der Waals surface area contributed by atoms with E-state index in [-0.39, 0.29) is 5.91 Å². The predicted octanol–water partition coefficient (Wildman–Crippen LogP) is 5.13. The van der Waals surface area contributed by atoms with Crippen LogP contribution < -0.4 is 10.1 Å². The lowest BCUT2D eigenvalue weighted by Crippen LogP contribution is -2.14. The molecule has 0 saturated heterocycles. The van der Waals surface area contributed by atoms with Crippen LogP contribution in [0.2, 0.25) is 0 Å². The molecular formula is C22H29NO3. The minimum atomic E-state index is -0.134. The second kappa shape index (κ2) is 9.39. The Labute approximate surface area is 156 Å². The summed E-state index contributed by atoms with van der Waals surface area (Å²) in [7, 11) is 0. The quantitative estimate of drug-likeness (QED) is 0.714. The van der Waals surface area contributed by atoms with Gasteiger partial charge in [-0.05, 0) is 56.5 Å². The standard InChI is InChI=1S/C22H29NO3/c1-6-26-21-10-8-18(12-19(21)14-25-13-15(2)3)22(24)23-20-9-7-16(4)11-17(20)5/h7-12,15H,6,13-14H2,1-5H3,(H,23,24). The molecule has 26 heavy (non-hydrogen) atoms. The summed E-state index contributed by atoms with van der Waals surface area (Å²) in [6.45, 7) is 11.9. The lowest BCUT2D eigenvalue weighted by atomic mass is 10.1. The molecule has 1 amide bonds. The zero-order chi connectivity index (χ0) is 19.1. The van der Waals surface area contributed by atoms with Gasteiger partial charge in [0.15, 0.2) is 0 Å². The fraction of sp³-hybridized carbons (Fsp3) is 0.409. The maximum Gasteiger partial charge on any atom is 0.255 e. The van der Waals surface area contributed by atoms with E-state index in [9.17, 15) is 4.79 Å². The molecule has 0 saturated carbocycles. The number of nitrogens with one attached hydrogen (secondary N) is 1. The lowest BCUT2D eigenvalue weighted by Gasteiger charge is -2.14. The summed E-state index contributed by atoms with van der Waals surface area (Å²) in [6.07, 6.45) is 0. The number of anilines is 1. The van der Waals surface area contributed by atoms with E-state index in [1.807, 2.05) is 45.0 Å². The van der Waals surface area contributed by atoms with Gasteiger partial charge in [-0.2, -0.15) is 0 Å². The van der Waals surface area contributed by atoms with Crippen molar-refractivity contribution in [2.75, 3.05) is 18.5 Å². The molecule has 0 fully saturated rings. The van der Waals surface area contributed by atoms with Crippen molar-refractivity contribution in [1.29, 1.82) is 0 Å². The van der Waals surface area contributed by atoms with E-state index in [4.69, 9.17) is 9.47 Å². The highest BCUT2D eigenvalue weighted by atomic mass is 16.5. The van der Waals surface area contributed by atoms with Crippen LogP contribution in [0.3, 0.4) is 0 Å². The number of carbonyl (C=O) groups excluding carboxylic acids is 1. The number of aryl methyl sites for hydroxylation is 2. The first kappa shape index (κ1) is 20.0. The summed E-state index contributed by atoms with van der Waals surface area (Å²) in [5, 5.41) is 2.99. The summed E-state index contributed by atoms with van der Waals surface area (Å²) in [6, 6.07) is 11.5. The number of carbonyl (C=O) groups is 1. The molecule has 0 aliphatic carbocycles. The Kier molecular flexibility index (Phi) is 7.22. The average molecular weight is 355 g/mol. The molecule has 2 aromatic carbocycles. The number of hydrogen-bond acceptors (Lipinski definition) is 3. The van der Waals surface area contributed by atoms with Crippen molar-refractivity contribution in [3.8, 4) is 5.75 Å². The predicted molar refractivity (Wildman–Crippen MR) is 106 cm³/mol. The highest BCUT2D eigenvalue weighted by Crippen LogP contribution is 2.23. The maximum absolute atomic E-state index is 12.7. The normalized spacial score (nSPS) is 10.8. The van der Waals surface area contributed by atoms with Gasteiger partial charge in [0.1, 0.15) is 5.75 Å². The molecule has 0 aliphatic heterocycles. The van der Waals surface area contributed by atoms with Gasteiger partial charge < -0.3 is 14.8 Å². The monoisotopic (exact) mass is 355 g/mol. The lowest BCUT2D eigenvalue weighted by molar-refractivity contribution is 0.0948. The highest BCUT2D eigenvalue weighted by molar-refractivity contribution is 6.04. The molecular weight excluding hydrogens is 326 g/mol. The first-order valence-corrected chi connectivity index (χ1v) is 9.12. The Morgan fingerprint density at radius 2 is 1.88 bits per heavy atom. The molecule has 0 bridgehead atoms. The van der Waals surface area contributed by atoms with Gasteiger partial charge in [0.05, 0.1) is 13.2 Å². The third-order valence-electron chi connectivity index (χ3n) is 3.96.